The molecular formula is C14H18Cl2N2O2S. The van der Waals surface area contributed by atoms with Crippen LogP contribution < -0.4 is 10.6 Å². The first-order valence-electron chi connectivity index (χ1n) is 6.59. The Balaban J connectivity index is 2.18. The summed E-state index contributed by atoms with van der Waals surface area (Å²) in [6, 6.07) is 5.15. The summed E-state index contributed by atoms with van der Waals surface area (Å²) in [6.45, 7) is 0.737. The average Bonchev–Trinajstić information content (AvgIpc) is 2.41. The maximum Gasteiger partial charge on any atom is 0.305 e. The number of carbonyl (C=O) groups is 1. The lowest BCUT2D eigenvalue weighted by Gasteiger charge is -2.11. The van der Waals surface area contributed by atoms with E-state index in [0.717, 1.165) is 31.5 Å². The molecule has 0 saturated heterocycles. The number of unbranched alkanes of at least 4 members (excludes halogenated alkanes) is 2. The number of hydrogen-bond donors (Lipinski definition) is 2. The fourth-order valence-corrected chi connectivity index (χ4v) is 2.42. The number of hydrogen-bond acceptors (Lipinski definition) is 3. The van der Waals surface area contributed by atoms with Gasteiger partial charge in [-0.1, -0.05) is 29.6 Å². The summed E-state index contributed by atoms with van der Waals surface area (Å²) in [5.74, 6) is -0.169. The van der Waals surface area contributed by atoms with E-state index in [2.05, 4.69) is 15.4 Å². The van der Waals surface area contributed by atoms with E-state index in [1.165, 1.54) is 7.11 Å². The van der Waals surface area contributed by atoms with E-state index < -0.39 is 0 Å². The Labute approximate surface area is 140 Å². The van der Waals surface area contributed by atoms with Gasteiger partial charge in [-0.3, -0.25) is 4.79 Å². The fourth-order valence-electron chi connectivity index (χ4n) is 1.68. The number of thiocarbonyl (C=S) groups is 1. The highest BCUT2D eigenvalue weighted by atomic mass is 35.5. The minimum Gasteiger partial charge on any atom is -0.469 e. The number of esters is 1. The molecule has 1 aromatic carbocycles. The lowest BCUT2D eigenvalue weighted by Crippen LogP contribution is -2.29. The van der Waals surface area contributed by atoms with Crippen LogP contribution in [0.2, 0.25) is 10.0 Å². The highest BCUT2D eigenvalue weighted by molar-refractivity contribution is 7.80. The number of halogens is 2. The van der Waals surface area contributed by atoms with E-state index in [9.17, 15) is 4.79 Å². The van der Waals surface area contributed by atoms with Crippen LogP contribution in [-0.4, -0.2) is 24.7 Å². The van der Waals surface area contributed by atoms with Gasteiger partial charge in [0.05, 0.1) is 7.11 Å². The topological polar surface area (TPSA) is 50.4 Å². The molecule has 1 aromatic rings. The molecule has 7 heteroatoms. The average molecular weight is 349 g/mol. The van der Waals surface area contributed by atoms with Crippen LogP contribution in [-0.2, 0) is 9.53 Å². The molecule has 21 heavy (non-hydrogen) atoms. The Morgan fingerprint density at radius 1 is 1.19 bits per heavy atom. The molecule has 0 unspecified atom stereocenters. The second-order valence-corrected chi connectivity index (χ2v) is 5.71. The number of anilines is 1. The van der Waals surface area contributed by atoms with Gasteiger partial charge in [0.1, 0.15) is 0 Å². The summed E-state index contributed by atoms with van der Waals surface area (Å²) < 4.78 is 4.57. The third kappa shape index (κ3) is 8.09. The molecule has 1 rings (SSSR count). The molecule has 0 saturated carbocycles. The van der Waals surface area contributed by atoms with Gasteiger partial charge >= 0.3 is 5.97 Å². The van der Waals surface area contributed by atoms with Crippen molar-refractivity contribution in [2.75, 3.05) is 19.0 Å². The zero-order valence-corrected chi connectivity index (χ0v) is 14.1. The Bertz CT molecular complexity index is 478. The van der Waals surface area contributed by atoms with E-state index in [1.54, 1.807) is 18.2 Å². The molecule has 0 fully saturated rings. The summed E-state index contributed by atoms with van der Waals surface area (Å²) in [5, 5.41) is 7.73. The first kappa shape index (κ1) is 18.0. The van der Waals surface area contributed by atoms with E-state index in [4.69, 9.17) is 35.4 Å². The maximum atomic E-state index is 10.9. The van der Waals surface area contributed by atoms with Crippen LogP contribution in [0, 0.1) is 0 Å². The van der Waals surface area contributed by atoms with Crippen LogP contribution in [0.3, 0.4) is 0 Å². The Hall–Kier alpha value is -1.04. The van der Waals surface area contributed by atoms with Gasteiger partial charge < -0.3 is 15.4 Å². The van der Waals surface area contributed by atoms with Crippen molar-refractivity contribution in [1.82, 2.24) is 5.32 Å². The number of ether oxygens (including phenoxy) is 1. The predicted octanol–water partition coefficient (Wildman–Crippen LogP) is 4.01. The molecular weight excluding hydrogens is 331 g/mol. The zero-order valence-electron chi connectivity index (χ0n) is 11.7. The SMILES string of the molecule is COC(=O)CCCCCNC(=S)Nc1cc(Cl)cc(Cl)c1. The second-order valence-electron chi connectivity index (χ2n) is 4.43. The van der Waals surface area contributed by atoms with E-state index in [1.807, 2.05) is 0 Å². The lowest BCUT2D eigenvalue weighted by molar-refractivity contribution is -0.140. The van der Waals surface area contributed by atoms with Gasteiger partial charge in [0, 0.05) is 28.7 Å². The molecule has 2 N–H and O–H groups in total. The van der Waals surface area contributed by atoms with Crippen LogP contribution >= 0.6 is 35.4 Å². The molecule has 4 nitrogen and oxygen atoms in total. The van der Waals surface area contributed by atoms with Crippen molar-refractivity contribution < 1.29 is 9.53 Å². The van der Waals surface area contributed by atoms with Gasteiger partial charge in [-0.15, -0.1) is 0 Å². The Kier molecular flexibility index (Phi) is 8.42. The molecule has 116 valence electrons. The van der Waals surface area contributed by atoms with Crippen molar-refractivity contribution in [3.8, 4) is 0 Å². The third-order valence-corrected chi connectivity index (χ3v) is 3.37. The first-order chi connectivity index (χ1) is 10.0. The molecule has 0 bridgehead atoms. The van der Waals surface area contributed by atoms with Crippen LogP contribution in [0.4, 0.5) is 5.69 Å². The molecule has 0 radical (unpaired) electrons. The molecule has 0 aromatic heterocycles. The number of carbonyl (C=O) groups excluding carboxylic acids is 1. The van der Waals surface area contributed by atoms with Crippen molar-refractivity contribution in [2.45, 2.75) is 25.7 Å². The van der Waals surface area contributed by atoms with E-state index >= 15 is 0 Å². The van der Waals surface area contributed by atoms with E-state index in [0.29, 0.717) is 21.6 Å². The summed E-state index contributed by atoms with van der Waals surface area (Å²) in [4.78, 5) is 10.9. The minimum atomic E-state index is -0.169. The quantitative estimate of drug-likeness (QED) is 0.442. The van der Waals surface area contributed by atoms with Crippen molar-refractivity contribution in [3.05, 3.63) is 28.2 Å². The molecule has 0 amide bonds. The van der Waals surface area contributed by atoms with Crippen molar-refractivity contribution in [3.63, 3.8) is 0 Å². The van der Waals surface area contributed by atoms with Crippen LogP contribution in [0.15, 0.2) is 18.2 Å². The normalized spacial score (nSPS) is 10.0. The van der Waals surface area contributed by atoms with Crippen LogP contribution in [0.5, 0.6) is 0 Å². The molecule has 0 aliphatic heterocycles. The summed E-state index contributed by atoms with van der Waals surface area (Å²) in [6.07, 6.45) is 3.14. The van der Waals surface area contributed by atoms with Gasteiger partial charge in [0.25, 0.3) is 0 Å². The predicted molar refractivity (Wildman–Crippen MR) is 91.2 cm³/mol. The molecule has 0 spiro atoms. The highest BCUT2D eigenvalue weighted by Crippen LogP contribution is 2.22. The van der Waals surface area contributed by atoms with E-state index in [-0.39, 0.29) is 5.97 Å². The van der Waals surface area contributed by atoms with Gasteiger partial charge in [0.15, 0.2) is 5.11 Å². The molecule has 0 aliphatic rings. The summed E-state index contributed by atoms with van der Waals surface area (Å²) in [5.41, 5.74) is 0.746. The molecule has 0 heterocycles. The second kappa shape index (κ2) is 9.82. The largest absolute Gasteiger partial charge is 0.469 e. The summed E-state index contributed by atoms with van der Waals surface area (Å²) in [7, 11) is 1.40. The first-order valence-corrected chi connectivity index (χ1v) is 7.75. The number of benzene rings is 1. The maximum absolute atomic E-state index is 10.9. The molecule has 0 atom stereocenters. The van der Waals surface area contributed by atoms with Gasteiger partial charge in [-0.25, -0.2) is 0 Å². The van der Waals surface area contributed by atoms with Gasteiger partial charge in [-0.2, -0.15) is 0 Å². The van der Waals surface area contributed by atoms with Gasteiger partial charge in [-0.05, 0) is 43.3 Å². The smallest absolute Gasteiger partial charge is 0.305 e. The number of methoxy groups -OCH3 is 1. The Morgan fingerprint density at radius 3 is 2.48 bits per heavy atom. The summed E-state index contributed by atoms with van der Waals surface area (Å²) >= 11 is 17.0. The zero-order chi connectivity index (χ0) is 15.7. The molecule has 0 aliphatic carbocycles. The Morgan fingerprint density at radius 2 is 1.86 bits per heavy atom. The van der Waals surface area contributed by atoms with Crippen molar-refractivity contribution >= 4 is 52.2 Å². The van der Waals surface area contributed by atoms with Crippen molar-refractivity contribution in [1.29, 1.82) is 0 Å². The lowest BCUT2D eigenvalue weighted by atomic mass is 10.2. The minimum absolute atomic E-state index is 0.169. The number of rotatable bonds is 7. The third-order valence-electron chi connectivity index (χ3n) is 2.69. The number of nitrogens with one attached hydrogen (secondary N) is 2. The highest BCUT2D eigenvalue weighted by Gasteiger charge is 2.02. The van der Waals surface area contributed by atoms with Gasteiger partial charge in [0.2, 0.25) is 0 Å². The van der Waals surface area contributed by atoms with Crippen LogP contribution in [0.25, 0.3) is 0 Å². The van der Waals surface area contributed by atoms with Crippen LogP contribution in [0.1, 0.15) is 25.7 Å². The van der Waals surface area contributed by atoms with Crippen molar-refractivity contribution in [2.24, 2.45) is 0 Å². The monoisotopic (exact) mass is 348 g/mol. The fraction of sp³-hybridized carbons (Fsp3) is 0.429. The standard InChI is InChI=1S/C14H18Cl2N2O2S/c1-20-13(19)5-3-2-4-6-17-14(21)18-12-8-10(15)7-11(16)9-12/h7-9H,2-6H2,1H3,(H2,17,18,21).